The number of nitrogens with two attached hydrogens (primary N) is 4. The van der Waals surface area contributed by atoms with E-state index < -0.39 is 0 Å². The number of nitrogens with one attached hydrogen (secondary N) is 1. The minimum atomic E-state index is 0.0694. The zero-order chi connectivity index (χ0) is 17.0. The lowest BCUT2D eigenvalue weighted by atomic mass is 10.1. The van der Waals surface area contributed by atoms with Crippen LogP contribution >= 0.6 is 15.9 Å². The first-order valence-electron chi connectivity index (χ1n) is 6.67. The molecule has 1 heterocycles. The van der Waals surface area contributed by atoms with Crippen LogP contribution in [0.5, 0.6) is 0 Å². The summed E-state index contributed by atoms with van der Waals surface area (Å²) in [5.41, 5.74) is 23.9. The fourth-order valence-electron chi connectivity index (χ4n) is 1.89. The predicted molar refractivity (Wildman–Crippen MR) is 100 cm³/mol. The smallest absolute Gasteiger partial charge is 0.147 e. The molecule has 0 unspecified atom stereocenters. The van der Waals surface area contributed by atoms with Crippen LogP contribution in [-0.4, -0.2) is 10.8 Å². The van der Waals surface area contributed by atoms with Crippen LogP contribution in [0.25, 0.3) is 10.8 Å². The van der Waals surface area contributed by atoms with Gasteiger partial charge in [0.05, 0.1) is 5.69 Å². The van der Waals surface area contributed by atoms with E-state index in [1.165, 1.54) is 0 Å². The summed E-state index contributed by atoms with van der Waals surface area (Å²) in [6.07, 6.45) is 1.71. The number of anilines is 3. The van der Waals surface area contributed by atoms with E-state index in [1.54, 1.807) is 30.5 Å². The Morgan fingerprint density at radius 2 is 1.65 bits per heavy atom. The standard InChI is InChI=1S/C9H8BrN3.C7H9N3/c10-6-1-2-7-5(3-6)4-13-9(12)8(7)11;8-6-3-1-5(2-4-6)7(9)10/h1-4H,11H2,(H2,12,13);1-4H,8H2,(H3,9,10). The highest BCUT2D eigenvalue weighted by atomic mass is 79.9. The maximum Gasteiger partial charge on any atom is 0.147 e. The van der Waals surface area contributed by atoms with Gasteiger partial charge in [-0.1, -0.05) is 22.0 Å². The second kappa shape index (κ2) is 6.97. The molecular weight excluding hydrogens is 356 g/mol. The number of rotatable bonds is 1. The Morgan fingerprint density at radius 3 is 2.26 bits per heavy atom. The van der Waals surface area contributed by atoms with E-state index in [2.05, 4.69) is 20.9 Å². The molecule has 6 nitrogen and oxygen atoms in total. The van der Waals surface area contributed by atoms with Gasteiger partial charge in [0.25, 0.3) is 0 Å². The molecule has 0 fully saturated rings. The number of nitrogens with zero attached hydrogens (tertiary/aromatic N) is 1. The first kappa shape index (κ1) is 16.6. The zero-order valence-electron chi connectivity index (χ0n) is 12.3. The first-order valence-corrected chi connectivity index (χ1v) is 7.47. The van der Waals surface area contributed by atoms with Crippen LogP contribution in [-0.2, 0) is 0 Å². The van der Waals surface area contributed by atoms with Gasteiger partial charge in [0, 0.05) is 32.7 Å². The molecule has 0 radical (unpaired) electrons. The van der Waals surface area contributed by atoms with Crippen LogP contribution < -0.4 is 22.9 Å². The summed E-state index contributed by atoms with van der Waals surface area (Å²) in [5, 5.41) is 8.97. The van der Waals surface area contributed by atoms with Crippen molar-refractivity contribution in [3.8, 4) is 0 Å². The number of fused-ring (bicyclic) bond motifs is 1. The second-order valence-corrected chi connectivity index (χ2v) is 5.74. The van der Waals surface area contributed by atoms with Gasteiger partial charge in [-0.05, 0) is 36.4 Å². The van der Waals surface area contributed by atoms with Gasteiger partial charge in [-0.2, -0.15) is 0 Å². The molecule has 7 heteroatoms. The quantitative estimate of drug-likeness (QED) is 0.253. The Hall–Kier alpha value is -2.80. The third-order valence-corrected chi connectivity index (χ3v) is 3.64. The Kier molecular flexibility index (Phi) is 5.02. The van der Waals surface area contributed by atoms with Crippen LogP contribution in [0.15, 0.2) is 53.1 Å². The molecule has 0 amide bonds. The van der Waals surface area contributed by atoms with E-state index in [0.29, 0.717) is 22.8 Å². The minimum Gasteiger partial charge on any atom is -0.399 e. The Labute approximate surface area is 142 Å². The summed E-state index contributed by atoms with van der Waals surface area (Å²) in [5.74, 6) is 0.454. The normalized spacial score (nSPS) is 9.96. The molecular formula is C16H17BrN6. The molecule has 0 aliphatic rings. The van der Waals surface area contributed by atoms with E-state index in [4.69, 9.17) is 28.3 Å². The molecule has 0 aliphatic heterocycles. The molecule has 3 rings (SSSR count). The van der Waals surface area contributed by atoms with E-state index in [-0.39, 0.29) is 5.84 Å². The summed E-state index contributed by atoms with van der Waals surface area (Å²) in [6.45, 7) is 0. The Balaban J connectivity index is 0.000000174. The Morgan fingerprint density at radius 1 is 1.00 bits per heavy atom. The number of halogens is 1. The highest BCUT2D eigenvalue weighted by molar-refractivity contribution is 9.10. The topological polar surface area (TPSA) is 141 Å². The molecule has 0 spiro atoms. The molecule has 0 saturated carbocycles. The molecule has 2 aromatic carbocycles. The molecule has 0 bridgehead atoms. The van der Waals surface area contributed by atoms with E-state index in [1.807, 2.05) is 18.2 Å². The number of nitrogen functional groups attached to an aromatic ring is 4. The lowest BCUT2D eigenvalue weighted by molar-refractivity contribution is 1.37. The minimum absolute atomic E-state index is 0.0694. The fraction of sp³-hybridized carbons (Fsp3) is 0. The van der Waals surface area contributed by atoms with Crippen LogP contribution in [0.1, 0.15) is 5.56 Å². The summed E-state index contributed by atoms with van der Waals surface area (Å²) >= 11 is 3.38. The maximum absolute atomic E-state index is 7.04. The highest BCUT2D eigenvalue weighted by Gasteiger charge is 2.02. The molecule has 1 aromatic heterocycles. The van der Waals surface area contributed by atoms with Gasteiger partial charge in [0.1, 0.15) is 11.7 Å². The van der Waals surface area contributed by atoms with Gasteiger partial charge >= 0.3 is 0 Å². The largest absolute Gasteiger partial charge is 0.399 e. The summed E-state index contributed by atoms with van der Waals surface area (Å²) < 4.78 is 1.01. The van der Waals surface area contributed by atoms with Crippen LogP contribution in [0, 0.1) is 5.41 Å². The number of amidine groups is 1. The molecule has 118 valence electrons. The Bertz CT molecular complexity index is 845. The van der Waals surface area contributed by atoms with E-state index in [0.717, 1.165) is 15.2 Å². The van der Waals surface area contributed by atoms with Crippen molar-refractivity contribution in [2.45, 2.75) is 0 Å². The zero-order valence-corrected chi connectivity index (χ0v) is 13.8. The predicted octanol–water partition coefficient (Wildman–Crippen LogP) is 2.71. The monoisotopic (exact) mass is 372 g/mol. The van der Waals surface area contributed by atoms with Gasteiger partial charge in [-0.3, -0.25) is 5.41 Å². The van der Waals surface area contributed by atoms with Crippen LogP contribution in [0.4, 0.5) is 17.2 Å². The molecule has 3 aromatic rings. The molecule has 0 saturated heterocycles. The van der Waals surface area contributed by atoms with Gasteiger partial charge in [0.15, 0.2) is 0 Å². The van der Waals surface area contributed by atoms with Crippen molar-refractivity contribution in [3.05, 3.63) is 58.7 Å². The van der Waals surface area contributed by atoms with Crippen molar-refractivity contribution in [2.24, 2.45) is 5.73 Å². The third-order valence-electron chi connectivity index (χ3n) is 3.14. The van der Waals surface area contributed by atoms with E-state index >= 15 is 0 Å². The first-order chi connectivity index (χ1) is 10.9. The van der Waals surface area contributed by atoms with Gasteiger partial charge in [-0.15, -0.1) is 0 Å². The third kappa shape index (κ3) is 4.10. The molecule has 23 heavy (non-hydrogen) atoms. The SMILES string of the molecule is N=C(N)c1ccc(N)cc1.Nc1ncc2cc(Br)ccc2c1N. The second-order valence-electron chi connectivity index (χ2n) is 4.82. The van der Waals surface area contributed by atoms with Crippen molar-refractivity contribution in [2.75, 3.05) is 17.2 Å². The van der Waals surface area contributed by atoms with Crippen LogP contribution in [0.3, 0.4) is 0 Å². The highest BCUT2D eigenvalue weighted by Crippen LogP contribution is 2.26. The number of pyridine rings is 1. The van der Waals surface area contributed by atoms with Gasteiger partial charge < -0.3 is 22.9 Å². The molecule has 0 atom stereocenters. The number of aromatic nitrogens is 1. The van der Waals surface area contributed by atoms with E-state index in [9.17, 15) is 0 Å². The average Bonchev–Trinajstić information content (AvgIpc) is 2.52. The van der Waals surface area contributed by atoms with Crippen LogP contribution in [0.2, 0.25) is 0 Å². The van der Waals surface area contributed by atoms with Gasteiger partial charge in [0.2, 0.25) is 0 Å². The maximum atomic E-state index is 7.04. The number of hydrogen-bond donors (Lipinski definition) is 5. The van der Waals surface area contributed by atoms with Gasteiger partial charge in [-0.25, -0.2) is 4.98 Å². The summed E-state index contributed by atoms with van der Waals surface area (Å²) in [6, 6.07) is 12.7. The average molecular weight is 373 g/mol. The van der Waals surface area contributed by atoms with Crippen molar-refractivity contribution in [1.29, 1.82) is 5.41 Å². The number of hydrogen-bond acceptors (Lipinski definition) is 5. The molecule has 0 aliphatic carbocycles. The van der Waals surface area contributed by atoms with Crippen molar-refractivity contribution in [1.82, 2.24) is 4.98 Å². The summed E-state index contributed by atoms with van der Waals surface area (Å²) in [7, 11) is 0. The lowest BCUT2D eigenvalue weighted by Crippen LogP contribution is -2.10. The molecule has 9 N–H and O–H groups in total. The number of benzene rings is 2. The van der Waals surface area contributed by atoms with Crippen molar-refractivity contribution < 1.29 is 0 Å². The lowest BCUT2D eigenvalue weighted by Gasteiger charge is -2.03. The van der Waals surface area contributed by atoms with Crippen molar-refractivity contribution >= 4 is 49.7 Å². The fourth-order valence-corrected chi connectivity index (χ4v) is 2.27. The van der Waals surface area contributed by atoms with Crippen molar-refractivity contribution in [3.63, 3.8) is 0 Å². The summed E-state index contributed by atoms with van der Waals surface area (Å²) in [4.78, 5) is 3.98.